The molecule has 2 aromatic rings. The molecule has 0 saturated carbocycles. The molecule has 2 aromatic carbocycles. The van der Waals surface area contributed by atoms with Crippen molar-refractivity contribution in [3.63, 3.8) is 0 Å². The minimum absolute atomic E-state index is 0.0303. The first-order chi connectivity index (χ1) is 17.4. The van der Waals surface area contributed by atoms with Gasteiger partial charge in [-0.3, -0.25) is 29.4 Å². The van der Waals surface area contributed by atoms with Crippen LogP contribution in [0.5, 0.6) is 17.2 Å². The third kappa shape index (κ3) is 6.58. The highest BCUT2D eigenvalue weighted by Gasteiger charge is 2.37. The molecule has 1 heterocycles. The first kappa shape index (κ1) is 27.5. The second kappa shape index (κ2) is 11.3. The standard InChI is InChI=1S/C23H19F3N2O8S/c1-3-34-18-9-13(10-19-21(30)27(22(31)37-19)12-20(29)35-4-2)5-7-17(18)36-16-8-6-14(23(24,25)26)11-15(16)28(32)33/h5-11H,3-4,12H2,1-2H3/b19-10-. The Bertz CT molecular complexity index is 1280. The van der Waals surface area contributed by atoms with Crippen molar-refractivity contribution in [1.29, 1.82) is 0 Å². The zero-order chi connectivity index (χ0) is 27.3. The maximum absolute atomic E-state index is 13.0. The van der Waals surface area contributed by atoms with Crippen LogP contribution in [0.15, 0.2) is 41.3 Å². The van der Waals surface area contributed by atoms with E-state index in [2.05, 4.69) is 0 Å². The summed E-state index contributed by atoms with van der Waals surface area (Å²) in [6.07, 6.45) is -3.40. The summed E-state index contributed by atoms with van der Waals surface area (Å²) in [5, 5.41) is 10.7. The maximum Gasteiger partial charge on any atom is 0.416 e. The number of ether oxygens (including phenoxy) is 3. The van der Waals surface area contributed by atoms with E-state index < -0.39 is 51.8 Å². The summed E-state index contributed by atoms with van der Waals surface area (Å²) in [5.41, 5.74) is -1.71. The number of amides is 2. The van der Waals surface area contributed by atoms with Gasteiger partial charge in [0.05, 0.1) is 28.6 Å². The predicted octanol–water partition coefficient (Wildman–Crippen LogP) is 5.40. The van der Waals surface area contributed by atoms with E-state index in [4.69, 9.17) is 14.2 Å². The van der Waals surface area contributed by atoms with Crippen molar-refractivity contribution in [2.45, 2.75) is 20.0 Å². The van der Waals surface area contributed by atoms with Crippen LogP contribution >= 0.6 is 11.8 Å². The molecule has 0 N–H and O–H groups in total. The molecule has 37 heavy (non-hydrogen) atoms. The minimum atomic E-state index is -4.78. The van der Waals surface area contributed by atoms with Crippen LogP contribution in [0.4, 0.5) is 23.7 Å². The molecule has 1 aliphatic heterocycles. The number of nitrogens with zero attached hydrogens (tertiary/aromatic N) is 2. The monoisotopic (exact) mass is 540 g/mol. The van der Waals surface area contributed by atoms with Crippen LogP contribution in [-0.2, 0) is 20.5 Å². The van der Waals surface area contributed by atoms with Gasteiger partial charge in [0.25, 0.3) is 11.1 Å². The molecule has 2 amide bonds. The smallest absolute Gasteiger partial charge is 0.416 e. The van der Waals surface area contributed by atoms with Gasteiger partial charge in [-0.2, -0.15) is 13.2 Å². The van der Waals surface area contributed by atoms with E-state index in [1.54, 1.807) is 13.8 Å². The van der Waals surface area contributed by atoms with Crippen LogP contribution in [0, 0.1) is 10.1 Å². The summed E-state index contributed by atoms with van der Waals surface area (Å²) >= 11 is 0.623. The fourth-order valence-corrected chi connectivity index (χ4v) is 3.97. The van der Waals surface area contributed by atoms with Gasteiger partial charge in [-0.1, -0.05) is 6.07 Å². The van der Waals surface area contributed by atoms with E-state index in [0.29, 0.717) is 29.5 Å². The lowest BCUT2D eigenvalue weighted by Crippen LogP contribution is -2.34. The second-order valence-corrected chi connectivity index (χ2v) is 8.24. The molecule has 10 nitrogen and oxygen atoms in total. The van der Waals surface area contributed by atoms with Gasteiger partial charge in [0, 0.05) is 6.07 Å². The Kier molecular flexibility index (Phi) is 8.42. The molecule has 1 saturated heterocycles. The summed E-state index contributed by atoms with van der Waals surface area (Å²) in [4.78, 5) is 47.6. The highest BCUT2D eigenvalue weighted by atomic mass is 32.2. The average Bonchev–Trinajstić information content (AvgIpc) is 3.07. The van der Waals surface area contributed by atoms with E-state index in [1.807, 2.05) is 0 Å². The molecule has 0 aromatic heterocycles. The number of carbonyl (C=O) groups is 3. The number of alkyl halides is 3. The van der Waals surface area contributed by atoms with Gasteiger partial charge in [-0.05, 0) is 61.5 Å². The Hall–Kier alpha value is -4.07. The van der Waals surface area contributed by atoms with E-state index in [1.165, 1.54) is 24.3 Å². The minimum Gasteiger partial charge on any atom is -0.490 e. The van der Waals surface area contributed by atoms with Crippen LogP contribution in [0.1, 0.15) is 25.0 Å². The van der Waals surface area contributed by atoms with Crippen LogP contribution in [0.2, 0.25) is 0 Å². The second-order valence-electron chi connectivity index (χ2n) is 7.25. The first-order valence-electron chi connectivity index (χ1n) is 10.7. The average molecular weight is 540 g/mol. The van der Waals surface area contributed by atoms with Crippen LogP contribution in [-0.4, -0.2) is 46.7 Å². The highest BCUT2D eigenvalue weighted by molar-refractivity contribution is 8.18. The van der Waals surface area contributed by atoms with Crippen molar-refractivity contribution in [3.8, 4) is 17.2 Å². The number of thioether (sulfide) groups is 1. The lowest BCUT2D eigenvalue weighted by atomic mass is 10.1. The number of hydrogen-bond acceptors (Lipinski definition) is 9. The van der Waals surface area contributed by atoms with Crippen LogP contribution < -0.4 is 9.47 Å². The number of nitro groups is 1. The fraction of sp³-hybridized carbons (Fsp3) is 0.261. The van der Waals surface area contributed by atoms with Gasteiger partial charge in [0.15, 0.2) is 11.5 Å². The van der Waals surface area contributed by atoms with Gasteiger partial charge < -0.3 is 14.2 Å². The van der Waals surface area contributed by atoms with E-state index >= 15 is 0 Å². The number of benzene rings is 2. The Balaban J connectivity index is 1.89. The normalized spacial score (nSPS) is 14.7. The van der Waals surface area contributed by atoms with E-state index in [9.17, 15) is 37.7 Å². The molecule has 0 bridgehead atoms. The van der Waals surface area contributed by atoms with Gasteiger partial charge in [0.2, 0.25) is 5.75 Å². The van der Waals surface area contributed by atoms with Crippen molar-refractivity contribution in [2.75, 3.05) is 19.8 Å². The molecule has 0 atom stereocenters. The summed E-state index contributed by atoms with van der Waals surface area (Å²) in [6, 6.07) is 6.09. The summed E-state index contributed by atoms with van der Waals surface area (Å²) in [5.74, 6) is -1.81. The number of hydrogen-bond donors (Lipinski definition) is 0. The molecular formula is C23H19F3N2O8S. The lowest BCUT2D eigenvalue weighted by molar-refractivity contribution is -0.385. The molecule has 0 unspecified atom stereocenters. The molecule has 0 radical (unpaired) electrons. The first-order valence-corrected chi connectivity index (χ1v) is 11.5. The molecule has 0 aliphatic carbocycles. The summed E-state index contributed by atoms with van der Waals surface area (Å²) in [6.45, 7) is 2.95. The van der Waals surface area contributed by atoms with Crippen molar-refractivity contribution in [3.05, 3.63) is 62.5 Å². The quantitative estimate of drug-likeness (QED) is 0.178. The van der Waals surface area contributed by atoms with Gasteiger partial charge >= 0.3 is 17.8 Å². The number of nitro benzene ring substituents is 1. The fourth-order valence-electron chi connectivity index (χ4n) is 3.13. The van der Waals surface area contributed by atoms with Crippen molar-refractivity contribution in [2.24, 2.45) is 0 Å². The molecule has 1 aliphatic rings. The Morgan fingerprint density at radius 3 is 2.41 bits per heavy atom. The number of rotatable bonds is 9. The Labute approximate surface area is 212 Å². The Morgan fingerprint density at radius 1 is 1.08 bits per heavy atom. The highest BCUT2D eigenvalue weighted by Crippen LogP contribution is 2.41. The van der Waals surface area contributed by atoms with Gasteiger partial charge in [-0.15, -0.1) is 0 Å². The molecular weight excluding hydrogens is 521 g/mol. The summed E-state index contributed by atoms with van der Waals surface area (Å²) < 4.78 is 54.7. The van der Waals surface area contributed by atoms with E-state index in [0.717, 1.165) is 11.0 Å². The van der Waals surface area contributed by atoms with Gasteiger partial charge in [-0.25, -0.2) is 0 Å². The zero-order valence-electron chi connectivity index (χ0n) is 19.4. The zero-order valence-corrected chi connectivity index (χ0v) is 20.2. The third-order valence-corrected chi connectivity index (χ3v) is 5.64. The van der Waals surface area contributed by atoms with Crippen LogP contribution in [0.25, 0.3) is 6.08 Å². The van der Waals surface area contributed by atoms with Crippen molar-refractivity contribution >= 4 is 40.6 Å². The Morgan fingerprint density at radius 2 is 1.78 bits per heavy atom. The number of esters is 1. The molecule has 0 spiro atoms. The topological polar surface area (TPSA) is 125 Å². The van der Waals surface area contributed by atoms with Crippen LogP contribution in [0.3, 0.4) is 0 Å². The van der Waals surface area contributed by atoms with Crippen molar-refractivity contribution < 1.29 is 46.7 Å². The predicted molar refractivity (Wildman–Crippen MR) is 125 cm³/mol. The number of imide groups is 1. The SMILES string of the molecule is CCOC(=O)CN1C(=O)S/C(=C\c2ccc(Oc3ccc(C(F)(F)F)cc3[N+](=O)[O-])c(OCC)c2)C1=O. The third-order valence-electron chi connectivity index (χ3n) is 4.73. The van der Waals surface area contributed by atoms with E-state index in [-0.39, 0.29) is 29.6 Å². The molecule has 3 rings (SSSR count). The van der Waals surface area contributed by atoms with Gasteiger partial charge in [0.1, 0.15) is 6.54 Å². The summed E-state index contributed by atoms with van der Waals surface area (Å²) in [7, 11) is 0. The molecule has 1 fully saturated rings. The molecule has 14 heteroatoms. The number of halogens is 3. The largest absolute Gasteiger partial charge is 0.490 e. The number of carbonyl (C=O) groups excluding carboxylic acids is 3. The van der Waals surface area contributed by atoms with Crippen molar-refractivity contribution in [1.82, 2.24) is 4.90 Å². The maximum atomic E-state index is 13.0. The lowest BCUT2D eigenvalue weighted by Gasteiger charge is -2.14. The molecule has 196 valence electrons.